The van der Waals surface area contributed by atoms with E-state index < -0.39 is 6.04 Å². The summed E-state index contributed by atoms with van der Waals surface area (Å²) in [5.74, 6) is 0.721. The van der Waals surface area contributed by atoms with Crippen molar-refractivity contribution >= 4 is 27.5 Å². The van der Waals surface area contributed by atoms with Crippen molar-refractivity contribution in [1.29, 1.82) is 0 Å². The molecule has 0 fully saturated rings. The zero-order valence-corrected chi connectivity index (χ0v) is 13.1. The van der Waals surface area contributed by atoms with Crippen LogP contribution in [0.1, 0.15) is 17.2 Å². The van der Waals surface area contributed by atoms with Crippen molar-refractivity contribution in [2.75, 3.05) is 12.0 Å². The standard InChI is InChI=1S/C16H15BrN2O2/c1-21-11-7-5-10(6-8-11)9-19-13-4-2-3-12(17)14(13)15(18)16(19)20/h2-8,15H,9,18H2,1H3. The van der Waals surface area contributed by atoms with Gasteiger partial charge in [-0.2, -0.15) is 0 Å². The van der Waals surface area contributed by atoms with E-state index >= 15 is 0 Å². The van der Waals surface area contributed by atoms with Crippen LogP contribution < -0.4 is 15.4 Å². The number of methoxy groups -OCH3 is 1. The summed E-state index contributed by atoms with van der Waals surface area (Å²) in [6.07, 6.45) is 0. The van der Waals surface area contributed by atoms with Crippen LogP contribution in [-0.2, 0) is 11.3 Å². The summed E-state index contributed by atoms with van der Waals surface area (Å²) in [5.41, 5.74) is 8.80. The Kier molecular flexibility index (Phi) is 3.69. The second-order valence-corrected chi connectivity index (χ2v) is 5.78. The Hall–Kier alpha value is -1.85. The molecule has 0 radical (unpaired) electrons. The van der Waals surface area contributed by atoms with Crippen molar-refractivity contribution in [3.05, 3.63) is 58.1 Å². The smallest absolute Gasteiger partial charge is 0.248 e. The first-order chi connectivity index (χ1) is 10.1. The molecule has 0 saturated heterocycles. The minimum absolute atomic E-state index is 0.0762. The molecule has 4 nitrogen and oxygen atoms in total. The highest BCUT2D eigenvalue weighted by Gasteiger charge is 2.36. The van der Waals surface area contributed by atoms with E-state index in [1.165, 1.54) is 0 Å². The SMILES string of the molecule is COc1ccc(CN2C(=O)C(N)c3c(Br)cccc32)cc1. The maximum Gasteiger partial charge on any atom is 0.248 e. The molecule has 2 aromatic rings. The largest absolute Gasteiger partial charge is 0.497 e. The first-order valence-electron chi connectivity index (χ1n) is 6.60. The van der Waals surface area contributed by atoms with Crippen LogP contribution in [0.25, 0.3) is 0 Å². The number of rotatable bonds is 3. The van der Waals surface area contributed by atoms with Gasteiger partial charge < -0.3 is 15.4 Å². The molecule has 1 heterocycles. The van der Waals surface area contributed by atoms with Gasteiger partial charge in [-0.25, -0.2) is 0 Å². The minimum Gasteiger partial charge on any atom is -0.497 e. The van der Waals surface area contributed by atoms with Gasteiger partial charge in [0.2, 0.25) is 5.91 Å². The highest BCUT2D eigenvalue weighted by atomic mass is 79.9. The lowest BCUT2D eigenvalue weighted by Crippen LogP contribution is -2.31. The third kappa shape index (κ3) is 2.43. The molecule has 0 aliphatic carbocycles. The van der Waals surface area contributed by atoms with Crippen molar-refractivity contribution in [2.24, 2.45) is 5.73 Å². The number of benzene rings is 2. The Bertz CT molecular complexity index is 685. The summed E-state index contributed by atoms with van der Waals surface area (Å²) < 4.78 is 6.02. The van der Waals surface area contributed by atoms with Crippen molar-refractivity contribution in [3.63, 3.8) is 0 Å². The lowest BCUT2D eigenvalue weighted by atomic mass is 10.1. The van der Waals surface area contributed by atoms with Crippen molar-refractivity contribution in [2.45, 2.75) is 12.6 Å². The van der Waals surface area contributed by atoms with E-state index in [0.29, 0.717) is 6.54 Å². The number of hydrogen-bond acceptors (Lipinski definition) is 3. The van der Waals surface area contributed by atoms with Crippen LogP contribution in [0.4, 0.5) is 5.69 Å². The fourth-order valence-corrected chi connectivity index (χ4v) is 3.16. The molecule has 2 aromatic carbocycles. The van der Waals surface area contributed by atoms with Gasteiger partial charge in [0.05, 0.1) is 19.3 Å². The fraction of sp³-hybridized carbons (Fsp3) is 0.188. The third-order valence-electron chi connectivity index (χ3n) is 3.66. The number of nitrogens with two attached hydrogens (primary N) is 1. The molecule has 1 amide bonds. The number of anilines is 1. The van der Waals surface area contributed by atoms with Crippen LogP contribution in [0.3, 0.4) is 0 Å². The molecule has 0 aromatic heterocycles. The maximum absolute atomic E-state index is 12.4. The molecule has 0 saturated carbocycles. The minimum atomic E-state index is -0.603. The van der Waals surface area contributed by atoms with Crippen molar-refractivity contribution in [3.8, 4) is 5.75 Å². The molecular weight excluding hydrogens is 332 g/mol. The van der Waals surface area contributed by atoms with Crippen molar-refractivity contribution in [1.82, 2.24) is 0 Å². The normalized spacial score (nSPS) is 17.0. The van der Waals surface area contributed by atoms with E-state index in [0.717, 1.165) is 27.0 Å². The van der Waals surface area contributed by atoms with Crippen LogP contribution in [-0.4, -0.2) is 13.0 Å². The number of amides is 1. The zero-order chi connectivity index (χ0) is 15.0. The van der Waals surface area contributed by atoms with Crippen molar-refractivity contribution < 1.29 is 9.53 Å². The van der Waals surface area contributed by atoms with Crippen LogP contribution >= 0.6 is 15.9 Å². The molecule has 3 rings (SSSR count). The van der Waals surface area contributed by atoms with Crippen LogP contribution in [0.15, 0.2) is 46.9 Å². The summed E-state index contributed by atoms with van der Waals surface area (Å²) in [5, 5.41) is 0. The average molecular weight is 347 g/mol. The number of fused-ring (bicyclic) bond motifs is 1. The average Bonchev–Trinajstić information content (AvgIpc) is 2.74. The second kappa shape index (κ2) is 5.50. The van der Waals surface area contributed by atoms with Crippen LogP contribution in [0.5, 0.6) is 5.75 Å². The molecule has 0 bridgehead atoms. The van der Waals surface area contributed by atoms with Gasteiger partial charge in [0.15, 0.2) is 0 Å². The summed E-state index contributed by atoms with van der Waals surface area (Å²) in [6, 6.07) is 12.8. The van der Waals surface area contributed by atoms with Gasteiger partial charge in [0, 0.05) is 10.0 Å². The monoisotopic (exact) mass is 346 g/mol. The number of carbonyl (C=O) groups is 1. The molecule has 1 atom stereocenters. The summed E-state index contributed by atoms with van der Waals surface area (Å²) in [6.45, 7) is 0.500. The summed E-state index contributed by atoms with van der Waals surface area (Å²) >= 11 is 3.47. The summed E-state index contributed by atoms with van der Waals surface area (Å²) in [7, 11) is 1.63. The highest BCUT2D eigenvalue weighted by Crippen LogP contribution is 2.39. The molecule has 108 valence electrons. The Morgan fingerprint density at radius 1 is 1.24 bits per heavy atom. The quantitative estimate of drug-likeness (QED) is 0.929. The molecular formula is C16H15BrN2O2. The van der Waals surface area contributed by atoms with E-state index in [2.05, 4.69) is 15.9 Å². The highest BCUT2D eigenvalue weighted by molar-refractivity contribution is 9.10. The van der Waals surface area contributed by atoms with E-state index in [1.54, 1.807) is 12.0 Å². The van der Waals surface area contributed by atoms with Gasteiger partial charge in [-0.05, 0) is 29.8 Å². The molecule has 1 aliphatic rings. The molecule has 21 heavy (non-hydrogen) atoms. The van der Waals surface area contributed by atoms with Gasteiger partial charge in [-0.15, -0.1) is 0 Å². The number of carbonyl (C=O) groups excluding carboxylic acids is 1. The molecule has 1 aliphatic heterocycles. The van der Waals surface area contributed by atoms with E-state index in [9.17, 15) is 4.79 Å². The second-order valence-electron chi connectivity index (χ2n) is 4.92. The zero-order valence-electron chi connectivity index (χ0n) is 11.5. The van der Waals surface area contributed by atoms with E-state index in [-0.39, 0.29) is 5.91 Å². The van der Waals surface area contributed by atoms with Gasteiger partial charge >= 0.3 is 0 Å². The lowest BCUT2D eigenvalue weighted by molar-refractivity contribution is -0.119. The molecule has 2 N–H and O–H groups in total. The van der Waals surface area contributed by atoms with Crippen LogP contribution in [0.2, 0.25) is 0 Å². The van der Waals surface area contributed by atoms with Gasteiger partial charge in [-0.3, -0.25) is 4.79 Å². The number of hydrogen-bond donors (Lipinski definition) is 1. The maximum atomic E-state index is 12.4. The van der Waals surface area contributed by atoms with Crippen LogP contribution in [0, 0.1) is 0 Å². The first kappa shape index (κ1) is 14.1. The topological polar surface area (TPSA) is 55.6 Å². The third-order valence-corrected chi connectivity index (χ3v) is 4.36. The molecule has 1 unspecified atom stereocenters. The number of halogens is 1. The molecule has 5 heteroatoms. The molecule has 0 spiro atoms. The predicted molar refractivity (Wildman–Crippen MR) is 85.3 cm³/mol. The number of nitrogens with zero attached hydrogens (tertiary/aromatic N) is 1. The first-order valence-corrected chi connectivity index (χ1v) is 7.39. The van der Waals surface area contributed by atoms with Gasteiger partial charge in [0.1, 0.15) is 11.8 Å². The van der Waals surface area contributed by atoms with E-state index in [4.69, 9.17) is 10.5 Å². The fourth-order valence-electron chi connectivity index (χ4n) is 2.56. The Morgan fingerprint density at radius 2 is 1.95 bits per heavy atom. The lowest BCUT2D eigenvalue weighted by Gasteiger charge is -2.18. The predicted octanol–water partition coefficient (Wildman–Crippen LogP) is 3.00. The van der Waals surface area contributed by atoms with Gasteiger partial charge in [-0.1, -0.05) is 34.1 Å². The Labute approximate surface area is 131 Å². The summed E-state index contributed by atoms with van der Waals surface area (Å²) in [4.78, 5) is 14.1. The van der Waals surface area contributed by atoms with E-state index in [1.807, 2.05) is 42.5 Å². The number of ether oxygens (including phenoxy) is 1. The Morgan fingerprint density at radius 3 is 2.62 bits per heavy atom. The van der Waals surface area contributed by atoms with Gasteiger partial charge in [0.25, 0.3) is 0 Å². The Balaban J connectivity index is 1.92.